The van der Waals surface area contributed by atoms with E-state index in [1.807, 2.05) is 24.3 Å². The SMILES string of the molecule is NC1CCCC/C=C/C1NC(=O)Oc1ccccc1. The third kappa shape index (κ3) is 4.41. The van der Waals surface area contributed by atoms with Crippen LogP contribution in [0.5, 0.6) is 5.75 Å². The Morgan fingerprint density at radius 2 is 2.05 bits per heavy atom. The molecule has 4 heteroatoms. The molecule has 1 aromatic carbocycles. The third-order valence-electron chi connectivity index (χ3n) is 3.20. The van der Waals surface area contributed by atoms with Gasteiger partial charge in [-0.1, -0.05) is 36.8 Å². The Kier molecular flexibility index (Phi) is 4.98. The van der Waals surface area contributed by atoms with E-state index in [1.54, 1.807) is 12.1 Å². The molecule has 102 valence electrons. The van der Waals surface area contributed by atoms with Crippen molar-refractivity contribution < 1.29 is 9.53 Å². The molecule has 19 heavy (non-hydrogen) atoms. The highest BCUT2D eigenvalue weighted by Crippen LogP contribution is 2.12. The minimum absolute atomic E-state index is 0.0557. The predicted octanol–water partition coefficient (Wildman–Crippen LogP) is 2.60. The van der Waals surface area contributed by atoms with Gasteiger partial charge in [0.25, 0.3) is 0 Å². The summed E-state index contributed by atoms with van der Waals surface area (Å²) in [7, 11) is 0. The molecule has 0 saturated carbocycles. The average molecular weight is 260 g/mol. The summed E-state index contributed by atoms with van der Waals surface area (Å²) >= 11 is 0. The van der Waals surface area contributed by atoms with E-state index in [2.05, 4.69) is 11.4 Å². The summed E-state index contributed by atoms with van der Waals surface area (Å²) in [6.45, 7) is 0. The molecule has 0 saturated heterocycles. The molecule has 0 radical (unpaired) electrons. The zero-order chi connectivity index (χ0) is 13.5. The molecule has 2 unspecified atom stereocenters. The lowest BCUT2D eigenvalue weighted by molar-refractivity contribution is 0.196. The van der Waals surface area contributed by atoms with E-state index in [0.717, 1.165) is 25.7 Å². The maximum absolute atomic E-state index is 11.8. The highest BCUT2D eigenvalue weighted by molar-refractivity contribution is 5.71. The number of benzene rings is 1. The van der Waals surface area contributed by atoms with Crippen molar-refractivity contribution in [2.24, 2.45) is 5.73 Å². The molecule has 0 fully saturated rings. The zero-order valence-electron chi connectivity index (χ0n) is 10.9. The molecule has 1 amide bonds. The highest BCUT2D eigenvalue weighted by Gasteiger charge is 2.19. The van der Waals surface area contributed by atoms with Crippen molar-refractivity contribution in [3.05, 3.63) is 42.5 Å². The summed E-state index contributed by atoms with van der Waals surface area (Å²) in [5, 5.41) is 2.81. The Morgan fingerprint density at radius 1 is 1.26 bits per heavy atom. The number of para-hydroxylation sites is 1. The van der Waals surface area contributed by atoms with Crippen LogP contribution in [-0.2, 0) is 0 Å². The van der Waals surface area contributed by atoms with Gasteiger partial charge in [0.1, 0.15) is 5.75 Å². The number of nitrogens with one attached hydrogen (secondary N) is 1. The number of amides is 1. The first-order valence-electron chi connectivity index (χ1n) is 6.71. The summed E-state index contributed by atoms with van der Waals surface area (Å²) in [6.07, 6.45) is 7.79. The van der Waals surface area contributed by atoms with Crippen LogP contribution in [0.25, 0.3) is 0 Å². The molecule has 2 atom stereocenters. The average Bonchev–Trinajstić information content (AvgIpc) is 2.40. The molecule has 1 aliphatic rings. The summed E-state index contributed by atoms with van der Waals surface area (Å²) < 4.78 is 5.20. The van der Waals surface area contributed by atoms with Gasteiger partial charge in [0.05, 0.1) is 6.04 Å². The number of carbonyl (C=O) groups excluding carboxylic acids is 1. The van der Waals surface area contributed by atoms with Crippen molar-refractivity contribution in [2.45, 2.75) is 37.8 Å². The van der Waals surface area contributed by atoms with E-state index in [-0.39, 0.29) is 12.1 Å². The molecular weight excluding hydrogens is 240 g/mol. The fourth-order valence-corrected chi connectivity index (χ4v) is 2.12. The Balaban J connectivity index is 1.91. The van der Waals surface area contributed by atoms with Crippen LogP contribution in [-0.4, -0.2) is 18.2 Å². The molecule has 3 N–H and O–H groups in total. The monoisotopic (exact) mass is 260 g/mol. The molecular formula is C15H20N2O2. The van der Waals surface area contributed by atoms with Gasteiger partial charge in [0, 0.05) is 6.04 Å². The smallest absolute Gasteiger partial charge is 0.410 e. The van der Waals surface area contributed by atoms with Crippen LogP contribution >= 0.6 is 0 Å². The minimum Gasteiger partial charge on any atom is -0.410 e. The fraction of sp³-hybridized carbons (Fsp3) is 0.400. The van der Waals surface area contributed by atoms with Gasteiger partial charge in [0.2, 0.25) is 0 Å². The maximum atomic E-state index is 11.8. The normalized spacial score (nSPS) is 24.9. The van der Waals surface area contributed by atoms with Gasteiger partial charge < -0.3 is 15.8 Å². The molecule has 1 aromatic rings. The Morgan fingerprint density at radius 3 is 2.84 bits per heavy atom. The van der Waals surface area contributed by atoms with Crippen molar-refractivity contribution in [2.75, 3.05) is 0 Å². The lowest BCUT2D eigenvalue weighted by atomic mass is 9.98. The second-order valence-corrected chi connectivity index (χ2v) is 4.75. The van der Waals surface area contributed by atoms with Crippen molar-refractivity contribution >= 4 is 6.09 Å². The third-order valence-corrected chi connectivity index (χ3v) is 3.20. The number of rotatable bonds is 2. The number of hydrogen-bond acceptors (Lipinski definition) is 3. The Hall–Kier alpha value is -1.81. The summed E-state index contributed by atoms with van der Waals surface area (Å²) in [6, 6.07) is 8.80. The highest BCUT2D eigenvalue weighted by atomic mass is 16.6. The number of hydrogen-bond donors (Lipinski definition) is 2. The predicted molar refractivity (Wildman–Crippen MR) is 75.0 cm³/mol. The largest absolute Gasteiger partial charge is 0.413 e. The summed E-state index contributed by atoms with van der Waals surface area (Å²) in [5.74, 6) is 0.531. The van der Waals surface area contributed by atoms with Crippen molar-refractivity contribution in [1.82, 2.24) is 5.32 Å². The van der Waals surface area contributed by atoms with Crippen molar-refractivity contribution in [1.29, 1.82) is 0 Å². The van der Waals surface area contributed by atoms with Crippen LogP contribution in [0.15, 0.2) is 42.5 Å². The fourth-order valence-electron chi connectivity index (χ4n) is 2.12. The molecule has 2 rings (SSSR count). The van der Waals surface area contributed by atoms with Crippen LogP contribution in [0.3, 0.4) is 0 Å². The molecule has 0 spiro atoms. The number of carbonyl (C=O) groups is 1. The second-order valence-electron chi connectivity index (χ2n) is 4.75. The molecule has 0 aliphatic heterocycles. The van der Waals surface area contributed by atoms with E-state index >= 15 is 0 Å². The Labute approximate surface area is 113 Å². The molecule has 0 aromatic heterocycles. The first kappa shape index (κ1) is 13.6. The van der Waals surface area contributed by atoms with Crippen molar-refractivity contribution in [3.8, 4) is 5.75 Å². The van der Waals surface area contributed by atoms with Gasteiger partial charge in [-0.05, 0) is 31.4 Å². The first-order valence-corrected chi connectivity index (χ1v) is 6.71. The standard InChI is InChI=1S/C15H20N2O2/c16-13-10-6-1-2-7-11-14(13)17-15(18)19-12-8-4-3-5-9-12/h3-5,7-9,11,13-14H,1-2,6,10,16H2,(H,17,18)/b11-7+. The van der Waals surface area contributed by atoms with Crippen LogP contribution in [0, 0.1) is 0 Å². The van der Waals surface area contributed by atoms with Crippen LogP contribution < -0.4 is 15.8 Å². The molecule has 4 nitrogen and oxygen atoms in total. The van der Waals surface area contributed by atoms with E-state index in [1.165, 1.54) is 0 Å². The van der Waals surface area contributed by atoms with Gasteiger partial charge in [-0.25, -0.2) is 4.79 Å². The van der Waals surface area contributed by atoms with Gasteiger partial charge in [-0.2, -0.15) is 0 Å². The van der Waals surface area contributed by atoms with E-state index in [0.29, 0.717) is 5.75 Å². The number of ether oxygens (including phenoxy) is 1. The van der Waals surface area contributed by atoms with Crippen LogP contribution in [0.4, 0.5) is 4.79 Å². The van der Waals surface area contributed by atoms with Gasteiger partial charge in [-0.3, -0.25) is 0 Å². The van der Waals surface area contributed by atoms with E-state index in [4.69, 9.17) is 10.5 Å². The van der Waals surface area contributed by atoms with E-state index < -0.39 is 6.09 Å². The molecule has 0 bridgehead atoms. The van der Waals surface area contributed by atoms with E-state index in [9.17, 15) is 4.79 Å². The first-order chi connectivity index (χ1) is 9.25. The van der Waals surface area contributed by atoms with Crippen LogP contribution in [0.2, 0.25) is 0 Å². The van der Waals surface area contributed by atoms with Gasteiger partial charge in [-0.15, -0.1) is 0 Å². The maximum Gasteiger partial charge on any atom is 0.413 e. The second kappa shape index (κ2) is 6.95. The lowest BCUT2D eigenvalue weighted by Crippen LogP contribution is -2.47. The zero-order valence-corrected chi connectivity index (χ0v) is 10.9. The summed E-state index contributed by atoms with van der Waals surface area (Å²) in [5.41, 5.74) is 6.07. The Bertz CT molecular complexity index is 431. The minimum atomic E-state index is -0.461. The quantitative estimate of drug-likeness (QED) is 0.803. The topological polar surface area (TPSA) is 64.3 Å². The van der Waals surface area contributed by atoms with Gasteiger partial charge in [0.15, 0.2) is 0 Å². The molecule has 1 aliphatic carbocycles. The van der Waals surface area contributed by atoms with Crippen molar-refractivity contribution in [3.63, 3.8) is 0 Å². The summed E-state index contributed by atoms with van der Waals surface area (Å²) in [4.78, 5) is 11.8. The van der Waals surface area contributed by atoms with Crippen LogP contribution in [0.1, 0.15) is 25.7 Å². The molecule has 0 heterocycles. The number of allylic oxidation sites excluding steroid dienone is 1. The number of nitrogens with two attached hydrogens (primary N) is 1. The lowest BCUT2D eigenvalue weighted by Gasteiger charge is -2.23. The van der Waals surface area contributed by atoms with Gasteiger partial charge >= 0.3 is 6.09 Å².